The van der Waals surface area contributed by atoms with Gasteiger partial charge in [0.2, 0.25) is 15.8 Å². The van der Waals surface area contributed by atoms with Crippen molar-refractivity contribution >= 4 is 16.1 Å². The molecule has 1 atom stereocenters. The molecule has 9 nitrogen and oxygen atoms in total. The third-order valence-corrected chi connectivity index (χ3v) is 8.77. The standard InChI is InChI=1S/C31H40N2O7S/c1-31(2)38-23-26-21-25(15-16-28(26)40-31)29-22-33(30(34)39-29)17-8-5-6-9-18-37-19-10-7-12-24-13-11-14-27(20-24)41(35,36)32(3)4/h11,13-16,20-21,29H,5-6,8-10,17-19,22-23H2,1-4H3. The molecule has 2 heterocycles. The lowest BCUT2D eigenvalue weighted by atomic mass is 10.0. The van der Waals surface area contributed by atoms with Crippen molar-refractivity contribution in [3.05, 3.63) is 59.2 Å². The predicted molar refractivity (Wildman–Crippen MR) is 155 cm³/mol. The fourth-order valence-electron chi connectivity index (χ4n) is 4.62. The van der Waals surface area contributed by atoms with E-state index in [9.17, 15) is 13.2 Å². The molecule has 1 saturated heterocycles. The average molecular weight is 585 g/mol. The van der Waals surface area contributed by atoms with Gasteiger partial charge in [-0.05, 0) is 48.7 Å². The normalized spacial score (nSPS) is 17.9. The Balaban J connectivity index is 1.08. The van der Waals surface area contributed by atoms with E-state index in [1.54, 1.807) is 29.2 Å². The van der Waals surface area contributed by atoms with Gasteiger partial charge in [0, 0.05) is 58.6 Å². The average Bonchev–Trinajstić information content (AvgIpc) is 3.31. The second-order valence-corrected chi connectivity index (χ2v) is 13.0. The molecular weight excluding hydrogens is 544 g/mol. The van der Waals surface area contributed by atoms with Crippen molar-refractivity contribution in [1.29, 1.82) is 0 Å². The number of carbonyl (C=O) groups is 1. The maximum Gasteiger partial charge on any atom is 0.410 e. The number of cyclic esters (lactones) is 1. The van der Waals surface area contributed by atoms with Gasteiger partial charge in [-0.15, -0.1) is 0 Å². The van der Waals surface area contributed by atoms with Gasteiger partial charge in [0.25, 0.3) is 0 Å². The van der Waals surface area contributed by atoms with Crippen LogP contribution in [0, 0.1) is 11.8 Å². The van der Waals surface area contributed by atoms with Crippen molar-refractivity contribution < 1.29 is 32.2 Å². The highest BCUT2D eigenvalue weighted by Crippen LogP contribution is 2.35. The molecule has 0 aromatic heterocycles. The number of sulfonamides is 1. The molecule has 0 bridgehead atoms. The number of unbranched alkanes of at least 4 members (excludes halogenated alkanes) is 3. The van der Waals surface area contributed by atoms with Crippen molar-refractivity contribution in [1.82, 2.24) is 9.21 Å². The molecule has 4 rings (SSSR count). The Morgan fingerprint density at radius 3 is 2.68 bits per heavy atom. The summed E-state index contributed by atoms with van der Waals surface area (Å²) in [4.78, 5) is 14.4. The van der Waals surface area contributed by atoms with Gasteiger partial charge in [-0.3, -0.25) is 0 Å². The zero-order valence-electron chi connectivity index (χ0n) is 24.4. The first kappa shape index (κ1) is 30.8. The summed E-state index contributed by atoms with van der Waals surface area (Å²) in [6.07, 6.45) is 3.91. The van der Waals surface area contributed by atoms with Crippen LogP contribution in [0.25, 0.3) is 0 Å². The number of hydrogen-bond donors (Lipinski definition) is 0. The fourth-order valence-corrected chi connectivity index (χ4v) is 5.57. The molecule has 0 spiro atoms. The molecular formula is C31H40N2O7S. The van der Waals surface area contributed by atoms with Crippen LogP contribution >= 0.6 is 0 Å². The number of hydrogen-bond acceptors (Lipinski definition) is 7. The summed E-state index contributed by atoms with van der Waals surface area (Å²) in [5.74, 6) is 6.22. The highest BCUT2D eigenvalue weighted by atomic mass is 32.2. The molecule has 41 heavy (non-hydrogen) atoms. The van der Waals surface area contributed by atoms with Gasteiger partial charge in [0.15, 0.2) is 0 Å². The molecule has 1 amide bonds. The second-order valence-electron chi connectivity index (χ2n) is 10.9. The molecule has 10 heteroatoms. The first-order chi connectivity index (χ1) is 19.5. The highest BCUT2D eigenvalue weighted by Gasteiger charge is 2.33. The zero-order chi connectivity index (χ0) is 29.5. The van der Waals surface area contributed by atoms with Crippen LogP contribution < -0.4 is 4.74 Å². The summed E-state index contributed by atoms with van der Waals surface area (Å²) < 4.78 is 48.6. The third kappa shape index (κ3) is 8.46. The molecule has 2 aliphatic rings. The summed E-state index contributed by atoms with van der Waals surface area (Å²) in [7, 11) is -0.456. The van der Waals surface area contributed by atoms with Crippen molar-refractivity contribution in [3.8, 4) is 17.6 Å². The lowest BCUT2D eigenvalue weighted by molar-refractivity contribution is -0.180. The van der Waals surface area contributed by atoms with Crippen LogP contribution in [0.2, 0.25) is 0 Å². The molecule has 2 aromatic rings. The van der Waals surface area contributed by atoms with E-state index in [-0.39, 0.29) is 17.1 Å². The number of benzene rings is 2. The molecule has 0 aliphatic carbocycles. The number of carbonyl (C=O) groups excluding carboxylic acids is 1. The minimum atomic E-state index is -3.47. The van der Waals surface area contributed by atoms with Gasteiger partial charge in [-0.2, -0.15) is 0 Å². The topological polar surface area (TPSA) is 94.6 Å². The van der Waals surface area contributed by atoms with Crippen LogP contribution in [0.15, 0.2) is 47.4 Å². The van der Waals surface area contributed by atoms with Gasteiger partial charge < -0.3 is 23.8 Å². The fraction of sp³-hybridized carbons (Fsp3) is 0.516. The lowest BCUT2D eigenvalue weighted by Crippen LogP contribution is -2.35. The molecule has 0 radical (unpaired) electrons. The summed E-state index contributed by atoms with van der Waals surface area (Å²) in [5, 5.41) is 0. The van der Waals surface area contributed by atoms with Crippen LogP contribution in [-0.4, -0.2) is 69.9 Å². The van der Waals surface area contributed by atoms with Gasteiger partial charge in [0.1, 0.15) is 11.9 Å². The Bertz CT molecular complexity index is 1380. The molecule has 0 N–H and O–H groups in total. The maximum absolute atomic E-state index is 12.4. The zero-order valence-corrected chi connectivity index (χ0v) is 25.2. The minimum Gasteiger partial charge on any atom is -0.463 e. The molecule has 0 saturated carbocycles. The van der Waals surface area contributed by atoms with Crippen LogP contribution in [0.3, 0.4) is 0 Å². The summed E-state index contributed by atoms with van der Waals surface area (Å²) in [5.41, 5.74) is 2.59. The van der Waals surface area contributed by atoms with Crippen molar-refractivity contribution in [3.63, 3.8) is 0 Å². The quantitative estimate of drug-likeness (QED) is 0.253. The molecule has 1 unspecified atom stereocenters. The summed E-state index contributed by atoms with van der Waals surface area (Å²) >= 11 is 0. The van der Waals surface area contributed by atoms with Gasteiger partial charge in [-0.25, -0.2) is 17.5 Å². The van der Waals surface area contributed by atoms with Crippen LogP contribution in [-0.2, 0) is 30.8 Å². The van der Waals surface area contributed by atoms with E-state index in [1.165, 1.54) is 18.4 Å². The van der Waals surface area contributed by atoms with E-state index in [2.05, 4.69) is 11.8 Å². The summed E-state index contributed by atoms with van der Waals surface area (Å²) in [6, 6.07) is 12.6. The number of amides is 1. The minimum absolute atomic E-state index is 0.233. The third-order valence-electron chi connectivity index (χ3n) is 6.96. The number of fused-ring (bicyclic) bond motifs is 1. The number of ether oxygens (including phenoxy) is 4. The SMILES string of the molecule is CN(C)S(=O)(=O)c1cccc(C#CCCOCCCCCCN2CC(c3ccc4c(c3)COC(C)(C)O4)OC2=O)c1. The van der Waals surface area contributed by atoms with E-state index in [0.29, 0.717) is 44.9 Å². The van der Waals surface area contributed by atoms with E-state index in [1.807, 2.05) is 32.0 Å². The molecule has 1 fully saturated rings. The van der Waals surface area contributed by atoms with E-state index >= 15 is 0 Å². The van der Waals surface area contributed by atoms with Gasteiger partial charge >= 0.3 is 6.09 Å². The predicted octanol–water partition coefficient (Wildman–Crippen LogP) is 5.09. The highest BCUT2D eigenvalue weighted by molar-refractivity contribution is 7.89. The number of nitrogens with zero attached hydrogens (tertiary/aromatic N) is 2. The van der Waals surface area contributed by atoms with Crippen molar-refractivity contribution in [2.75, 3.05) is 40.4 Å². The summed E-state index contributed by atoms with van der Waals surface area (Å²) in [6.45, 7) is 6.66. The van der Waals surface area contributed by atoms with Gasteiger partial charge in [0.05, 0.1) is 24.7 Å². The molecule has 222 valence electrons. The van der Waals surface area contributed by atoms with Gasteiger partial charge in [-0.1, -0.05) is 36.8 Å². The van der Waals surface area contributed by atoms with E-state index < -0.39 is 15.8 Å². The van der Waals surface area contributed by atoms with Crippen molar-refractivity contribution in [2.24, 2.45) is 0 Å². The Kier molecular flexibility index (Phi) is 10.3. The van der Waals surface area contributed by atoms with E-state index in [0.717, 1.165) is 42.6 Å². The van der Waals surface area contributed by atoms with E-state index in [4.69, 9.17) is 18.9 Å². The van der Waals surface area contributed by atoms with Crippen LogP contribution in [0.1, 0.15) is 68.7 Å². The Labute approximate surface area is 243 Å². The van der Waals surface area contributed by atoms with Crippen molar-refractivity contribution in [2.45, 2.75) is 69.3 Å². The maximum atomic E-state index is 12.4. The molecule has 2 aromatic carbocycles. The number of rotatable bonds is 12. The second kappa shape index (κ2) is 13.7. The first-order valence-electron chi connectivity index (χ1n) is 14.1. The largest absolute Gasteiger partial charge is 0.463 e. The first-order valence-corrected chi connectivity index (χ1v) is 15.5. The molecule has 2 aliphatic heterocycles. The Hall–Kier alpha value is -3.10. The Morgan fingerprint density at radius 1 is 1.07 bits per heavy atom. The Morgan fingerprint density at radius 2 is 1.88 bits per heavy atom. The smallest absolute Gasteiger partial charge is 0.410 e. The van der Waals surface area contributed by atoms with Crippen LogP contribution in [0.5, 0.6) is 5.75 Å². The lowest BCUT2D eigenvalue weighted by Gasteiger charge is -2.32. The monoisotopic (exact) mass is 584 g/mol. The van der Waals surface area contributed by atoms with Crippen LogP contribution in [0.4, 0.5) is 4.79 Å².